The van der Waals surface area contributed by atoms with Crippen LogP contribution in [0.15, 0.2) is 48.5 Å². The Bertz CT molecular complexity index is 575. The molecule has 98 valence electrons. The second kappa shape index (κ2) is 5.81. The van der Waals surface area contributed by atoms with Gasteiger partial charge in [0, 0.05) is 18.0 Å². The Morgan fingerprint density at radius 2 is 1.79 bits per heavy atom. The molecule has 0 aliphatic heterocycles. The fourth-order valence-corrected chi connectivity index (χ4v) is 2.16. The molecule has 0 spiro atoms. The van der Waals surface area contributed by atoms with E-state index in [2.05, 4.69) is 0 Å². The van der Waals surface area contributed by atoms with E-state index < -0.39 is 0 Å². The Hall–Kier alpha value is -1.93. The maximum absolute atomic E-state index is 12.3. The van der Waals surface area contributed by atoms with Crippen LogP contribution in [0.2, 0.25) is 0 Å². The van der Waals surface area contributed by atoms with Crippen LogP contribution in [0.25, 0.3) is 0 Å². The van der Waals surface area contributed by atoms with E-state index in [0.717, 1.165) is 22.3 Å². The summed E-state index contributed by atoms with van der Waals surface area (Å²) in [5, 5.41) is 0. The molecule has 2 nitrogen and oxygen atoms in total. The van der Waals surface area contributed by atoms with Crippen LogP contribution in [0.5, 0.6) is 0 Å². The van der Waals surface area contributed by atoms with Crippen molar-refractivity contribution in [2.24, 2.45) is 5.73 Å². The molecule has 2 N–H and O–H groups in total. The van der Waals surface area contributed by atoms with Gasteiger partial charge in [0.2, 0.25) is 0 Å². The van der Waals surface area contributed by atoms with Crippen molar-refractivity contribution in [3.8, 4) is 0 Å². The summed E-state index contributed by atoms with van der Waals surface area (Å²) in [5.74, 6) is 0.109. The molecule has 1 unspecified atom stereocenters. The minimum Gasteiger partial charge on any atom is -0.324 e. The molecule has 0 aliphatic rings. The molecule has 0 bridgehead atoms. The van der Waals surface area contributed by atoms with Crippen LogP contribution >= 0.6 is 0 Å². The molecule has 2 heteroatoms. The number of Topliss-reactive ketones (excluding diaryl/α,β-unsaturated/α-hetero) is 1. The predicted molar refractivity (Wildman–Crippen MR) is 78.2 cm³/mol. The van der Waals surface area contributed by atoms with Gasteiger partial charge >= 0.3 is 0 Å². The summed E-state index contributed by atoms with van der Waals surface area (Å²) in [6.45, 7) is 3.95. The summed E-state index contributed by atoms with van der Waals surface area (Å²) in [5.41, 5.74) is 9.99. The van der Waals surface area contributed by atoms with E-state index in [0.29, 0.717) is 6.42 Å². The average Bonchev–Trinajstić information content (AvgIpc) is 2.42. The minimum atomic E-state index is -0.242. The number of rotatable bonds is 4. The van der Waals surface area contributed by atoms with Crippen molar-refractivity contribution in [3.05, 3.63) is 70.8 Å². The molecule has 2 aromatic rings. The van der Waals surface area contributed by atoms with Crippen LogP contribution in [0.3, 0.4) is 0 Å². The molecule has 0 aromatic heterocycles. The van der Waals surface area contributed by atoms with Gasteiger partial charge in [0.25, 0.3) is 0 Å². The van der Waals surface area contributed by atoms with E-state index in [9.17, 15) is 4.79 Å². The highest BCUT2D eigenvalue weighted by molar-refractivity contribution is 5.98. The number of hydrogen-bond donors (Lipinski definition) is 1. The number of carbonyl (C=O) groups excluding carboxylic acids is 1. The molecular weight excluding hydrogens is 234 g/mol. The lowest BCUT2D eigenvalue weighted by molar-refractivity contribution is 0.0973. The lowest BCUT2D eigenvalue weighted by atomic mass is 9.95. The largest absolute Gasteiger partial charge is 0.324 e. The van der Waals surface area contributed by atoms with Crippen molar-refractivity contribution in [1.82, 2.24) is 0 Å². The summed E-state index contributed by atoms with van der Waals surface area (Å²) in [6, 6.07) is 15.4. The molecule has 0 amide bonds. The van der Waals surface area contributed by atoms with E-state index >= 15 is 0 Å². The Balaban J connectivity index is 2.15. The highest BCUT2D eigenvalue weighted by atomic mass is 16.1. The smallest absolute Gasteiger partial charge is 0.165 e. The lowest BCUT2D eigenvalue weighted by Gasteiger charge is -2.12. The van der Waals surface area contributed by atoms with Gasteiger partial charge in [-0.3, -0.25) is 4.79 Å². The molecule has 1 atom stereocenters. The summed E-state index contributed by atoms with van der Waals surface area (Å²) >= 11 is 0. The Morgan fingerprint density at radius 3 is 2.47 bits per heavy atom. The summed E-state index contributed by atoms with van der Waals surface area (Å²) < 4.78 is 0. The van der Waals surface area contributed by atoms with Gasteiger partial charge in [-0.2, -0.15) is 0 Å². The third-order valence-corrected chi connectivity index (χ3v) is 3.33. The Morgan fingerprint density at radius 1 is 1.11 bits per heavy atom. The number of hydrogen-bond acceptors (Lipinski definition) is 2. The van der Waals surface area contributed by atoms with Crippen molar-refractivity contribution in [1.29, 1.82) is 0 Å². The van der Waals surface area contributed by atoms with Gasteiger partial charge in [-0.05, 0) is 31.0 Å². The van der Waals surface area contributed by atoms with Crippen molar-refractivity contribution in [2.45, 2.75) is 26.3 Å². The van der Waals surface area contributed by atoms with Gasteiger partial charge in [-0.25, -0.2) is 0 Å². The van der Waals surface area contributed by atoms with Crippen LogP contribution in [0.4, 0.5) is 0 Å². The second-order valence-corrected chi connectivity index (χ2v) is 4.96. The SMILES string of the molecule is Cc1ccc(C)c(C(=O)CC(N)c2ccccc2)c1. The molecule has 0 aliphatic carbocycles. The third-order valence-electron chi connectivity index (χ3n) is 3.33. The van der Waals surface area contributed by atoms with Crippen molar-refractivity contribution in [3.63, 3.8) is 0 Å². The fraction of sp³-hybridized carbons (Fsp3) is 0.235. The van der Waals surface area contributed by atoms with Gasteiger partial charge in [-0.1, -0.05) is 48.0 Å². The molecule has 0 saturated carbocycles. The van der Waals surface area contributed by atoms with Crippen molar-refractivity contribution in [2.75, 3.05) is 0 Å². The number of carbonyl (C=O) groups is 1. The normalized spacial score (nSPS) is 12.2. The summed E-state index contributed by atoms with van der Waals surface area (Å²) in [7, 11) is 0. The molecule has 19 heavy (non-hydrogen) atoms. The first-order chi connectivity index (χ1) is 9.08. The first-order valence-electron chi connectivity index (χ1n) is 6.49. The summed E-state index contributed by atoms with van der Waals surface area (Å²) in [6.07, 6.45) is 0.342. The highest BCUT2D eigenvalue weighted by Gasteiger charge is 2.15. The Labute approximate surface area is 114 Å². The standard InChI is InChI=1S/C17H19NO/c1-12-8-9-13(2)15(10-12)17(19)11-16(18)14-6-4-3-5-7-14/h3-10,16H,11,18H2,1-2H3. The molecular formula is C17H19NO. The Kier molecular flexibility index (Phi) is 4.13. The van der Waals surface area contributed by atoms with Crippen molar-refractivity contribution >= 4 is 5.78 Å². The number of aryl methyl sites for hydroxylation is 2. The zero-order valence-corrected chi connectivity index (χ0v) is 11.4. The van der Waals surface area contributed by atoms with Gasteiger partial charge in [0.05, 0.1) is 0 Å². The first-order valence-corrected chi connectivity index (χ1v) is 6.49. The molecule has 0 saturated heterocycles. The fourth-order valence-electron chi connectivity index (χ4n) is 2.16. The first kappa shape index (κ1) is 13.5. The van der Waals surface area contributed by atoms with E-state index in [1.165, 1.54) is 0 Å². The van der Waals surface area contributed by atoms with Gasteiger partial charge in [-0.15, -0.1) is 0 Å². The summed E-state index contributed by atoms with van der Waals surface area (Å²) in [4.78, 5) is 12.3. The maximum Gasteiger partial charge on any atom is 0.165 e. The van der Waals surface area contributed by atoms with E-state index in [1.807, 2.05) is 62.4 Å². The van der Waals surface area contributed by atoms with Crippen molar-refractivity contribution < 1.29 is 4.79 Å². The van der Waals surface area contributed by atoms with Crippen LogP contribution in [-0.2, 0) is 0 Å². The number of ketones is 1. The van der Waals surface area contributed by atoms with Gasteiger partial charge in [0.15, 0.2) is 5.78 Å². The minimum absolute atomic E-state index is 0.109. The molecule has 2 aromatic carbocycles. The zero-order chi connectivity index (χ0) is 13.8. The highest BCUT2D eigenvalue weighted by Crippen LogP contribution is 2.19. The lowest BCUT2D eigenvalue weighted by Crippen LogP contribution is -2.16. The van der Waals surface area contributed by atoms with Crippen LogP contribution in [0.1, 0.15) is 39.5 Å². The van der Waals surface area contributed by atoms with Crippen LogP contribution in [-0.4, -0.2) is 5.78 Å². The molecule has 2 rings (SSSR count). The van der Waals surface area contributed by atoms with Gasteiger partial charge in [0.1, 0.15) is 0 Å². The van der Waals surface area contributed by atoms with E-state index in [-0.39, 0.29) is 11.8 Å². The molecule has 0 fully saturated rings. The maximum atomic E-state index is 12.3. The van der Waals surface area contributed by atoms with E-state index in [1.54, 1.807) is 0 Å². The van der Waals surface area contributed by atoms with E-state index in [4.69, 9.17) is 5.73 Å². The monoisotopic (exact) mass is 253 g/mol. The predicted octanol–water partition coefficient (Wildman–Crippen LogP) is 3.58. The number of nitrogens with two attached hydrogens (primary N) is 1. The second-order valence-electron chi connectivity index (χ2n) is 4.96. The number of benzene rings is 2. The topological polar surface area (TPSA) is 43.1 Å². The van der Waals surface area contributed by atoms with Crippen LogP contribution < -0.4 is 5.73 Å². The third kappa shape index (κ3) is 3.30. The zero-order valence-electron chi connectivity index (χ0n) is 11.4. The molecule has 0 radical (unpaired) electrons. The van der Waals surface area contributed by atoms with Crippen LogP contribution in [0, 0.1) is 13.8 Å². The quantitative estimate of drug-likeness (QED) is 0.846. The molecule has 0 heterocycles. The average molecular weight is 253 g/mol. The van der Waals surface area contributed by atoms with Gasteiger partial charge < -0.3 is 5.73 Å².